The number of alkyl halides is 1. The maximum atomic E-state index is 15.7. The van der Waals surface area contributed by atoms with Gasteiger partial charge in [0.15, 0.2) is 5.54 Å². The third kappa shape index (κ3) is 8.15. The number of amides is 1. The van der Waals surface area contributed by atoms with Crippen LogP contribution in [0.25, 0.3) is 10.8 Å². The lowest BCUT2D eigenvalue weighted by Gasteiger charge is -2.45. The number of nitrogens with zero attached hydrogens (tertiary/aromatic N) is 2. The van der Waals surface area contributed by atoms with Crippen LogP contribution >= 0.6 is 0 Å². The molecule has 9 nitrogen and oxygen atoms in total. The van der Waals surface area contributed by atoms with Gasteiger partial charge in [-0.2, -0.15) is 0 Å². The summed E-state index contributed by atoms with van der Waals surface area (Å²) in [5, 5.41) is 12.7. The van der Waals surface area contributed by atoms with Crippen molar-refractivity contribution in [2.75, 3.05) is 38.3 Å². The highest BCUT2D eigenvalue weighted by atomic mass is 19.1. The van der Waals surface area contributed by atoms with Gasteiger partial charge in [-0.05, 0) is 63.6 Å². The number of aliphatic carboxylic acids is 1. The summed E-state index contributed by atoms with van der Waals surface area (Å²) >= 11 is 0. The Morgan fingerprint density at radius 1 is 0.935 bits per heavy atom. The fourth-order valence-corrected chi connectivity index (χ4v) is 6.08. The lowest BCUT2D eigenvalue weighted by molar-refractivity contribution is -0.171. The fraction of sp³-hybridized carbons (Fsp3) is 0.472. The zero-order valence-corrected chi connectivity index (χ0v) is 27.5. The van der Waals surface area contributed by atoms with Crippen molar-refractivity contribution >= 4 is 34.5 Å². The van der Waals surface area contributed by atoms with Gasteiger partial charge in [-0.3, -0.25) is 9.69 Å². The number of fused-ring (bicyclic) bond motifs is 1. The van der Waals surface area contributed by atoms with Crippen LogP contribution in [0.15, 0.2) is 66.7 Å². The number of carbonyl (C=O) groups is 3. The number of carbonyl (C=O) groups excluding carboxylic acids is 2. The topological polar surface area (TPSA) is 106 Å². The number of ether oxygens (including phenoxy) is 3. The van der Waals surface area contributed by atoms with Crippen LogP contribution in [-0.2, 0) is 36.8 Å². The summed E-state index contributed by atoms with van der Waals surface area (Å²) in [6, 6.07) is 20.5. The zero-order chi connectivity index (χ0) is 33.7. The molecule has 0 unspecified atom stereocenters. The third-order valence-electron chi connectivity index (χ3n) is 8.18. The van der Waals surface area contributed by atoms with Crippen molar-refractivity contribution in [3.8, 4) is 0 Å². The maximum Gasteiger partial charge on any atom is 0.411 e. The van der Waals surface area contributed by atoms with Gasteiger partial charge in [-0.1, -0.05) is 60.7 Å². The molecule has 0 bridgehead atoms. The molecule has 10 heteroatoms. The maximum absolute atomic E-state index is 15.7. The van der Waals surface area contributed by atoms with Gasteiger partial charge in [-0.15, -0.1) is 0 Å². The highest BCUT2D eigenvalue weighted by Crippen LogP contribution is 2.40. The van der Waals surface area contributed by atoms with E-state index in [9.17, 15) is 19.5 Å². The molecule has 0 spiro atoms. The summed E-state index contributed by atoms with van der Waals surface area (Å²) < 4.78 is 32.6. The molecule has 0 saturated carbocycles. The van der Waals surface area contributed by atoms with Crippen LogP contribution in [0.5, 0.6) is 0 Å². The van der Waals surface area contributed by atoms with E-state index in [1.165, 1.54) is 20.9 Å². The van der Waals surface area contributed by atoms with E-state index in [0.717, 1.165) is 21.4 Å². The number of carboxylic acids is 1. The Labute approximate surface area is 270 Å². The Morgan fingerprint density at radius 3 is 2.13 bits per heavy atom. The smallest absolute Gasteiger partial charge is 0.411 e. The lowest BCUT2D eigenvalue weighted by atomic mass is 9.72. The molecule has 2 atom stereocenters. The van der Waals surface area contributed by atoms with Crippen molar-refractivity contribution in [1.82, 2.24) is 4.90 Å². The van der Waals surface area contributed by atoms with Crippen LogP contribution < -0.4 is 4.90 Å². The molecule has 46 heavy (non-hydrogen) atoms. The molecule has 1 amide bonds. The molecule has 248 valence electrons. The number of rotatable bonds is 11. The second-order valence-corrected chi connectivity index (χ2v) is 13.4. The predicted octanol–water partition coefficient (Wildman–Crippen LogP) is 6.41. The van der Waals surface area contributed by atoms with Crippen LogP contribution in [0.1, 0.15) is 52.2 Å². The van der Waals surface area contributed by atoms with Crippen molar-refractivity contribution in [2.45, 2.75) is 70.9 Å². The molecule has 1 N–H and O–H groups in total. The van der Waals surface area contributed by atoms with E-state index in [1.54, 1.807) is 45.0 Å². The molecule has 1 aliphatic rings. The molecule has 1 aliphatic heterocycles. The molecular weight excluding hydrogens is 591 g/mol. The molecule has 4 rings (SSSR count). The van der Waals surface area contributed by atoms with Crippen molar-refractivity contribution in [2.24, 2.45) is 5.92 Å². The number of hydrogen-bond acceptors (Lipinski definition) is 7. The molecule has 0 radical (unpaired) electrons. The van der Waals surface area contributed by atoms with Crippen LogP contribution in [0.3, 0.4) is 0 Å². The largest absolute Gasteiger partial charge is 0.479 e. The van der Waals surface area contributed by atoms with E-state index in [4.69, 9.17) is 14.2 Å². The van der Waals surface area contributed by atoms with Gasteiger partial charge in [0.1, 0.15) is 17.9 Å². The summed E-state index contributed by atoms with van der Waals surface area (Å²) in [6.07, 6.45) is -1.83. The van der Waals surface area contributed by atoms with Gasteiger partial charge < -0.3 is 24.2 Å². The van der Waals surface area contributed by atoms with Gasteiger partial charge in [0.25, 0.3) is 0 Å². The standard InChI is InChI=1S/C36H45FN2O7/c1-34(2,3)46-33(43)38(6)36(32(41)42,24-35(4,5)37)29(31(40)45-23-25-12-8-7-9-13-25)22-26-16-17-30(39-18-20-44-21-19-39)28-15-11-10-14-27(26)28/h7-17,29H,18-24H2,1-6H3,(H,41,42)/t29-,36-/m0/s1. The third-order valence-corrected chi connectivity index (χ3v) is 8.18. The number of likely N-dealkylation sites (N-methyl/N-ethyl adjacent to an activating group) is 1. The molecule has 3 aromatic rings. The highest BCUT2D eigenvalue weighted by Gasteiger charge is 2.58. The Morgan fingerprint density at radius 2 is 1.54 bits per heavy atom. The first kappa shape index (κ1) is 34.7. The number of halogens is 1. The van der Waals surface area contributed by atoms with E-state index in [2.05, 4.69) is 4.90 Å². The first-order valence-electron chi connectivity index (χ1n) is 15.6. The number of anilines is 1. The monoisotopic (exact) mass is 636 g/mol. The molecule has 0 aliphatic carbocycles. The van der Waals surface area contributed by atoms with Crippen molar-refractivity contribution in [3.05, 3.63) is 77.9 Å². The van der Waals surface area contributed by atoms with Crippen LogP contribution in [0, 0.1) is 5.92 Å². The van der Waals surface area contributed by atoms with Crippen LogP contribution in [-0.4, -0.2) is 78.2 Å². The van der Waals surface area contributed by atoms with Crippen molar-refractivity contribution in [1.29, 1.82) is 0 Å². The van der Waals surface area contributed by atoms with Gasteiger partial charge in [0.05, 0.1) is 19.1 Å². The predicted molar refractivity (Wildman–Crippen MR) is 175 cm³/mol. The van der Waals surface area contributed by atoms with Gasteiger partial charge in [0.2, 0.25) is 0 Å². The zero-order valence-electron chi connectivity index (χ0n) is 27.5. The molecule has 1 heterocycles. The average Bonchev–Trinajstić information content (AvgIpc) is 3.00. The van der Waals surface area contributed by atoms with Crippen LogP contribution in [0.4, 0.5) is 14.9 Å². The summed E-state index contributed by atoms with van der Waals surface area (Å²) in [6.45, 7) is 9.90. The Balaban J connectivity index is 1.87. The summed E-state index contributed by atoms with van der Waals surface area (Å²) in [5.74, 6) is -3.92. The number of benzene rings is 3. The Bertz CT molecular complexity index is 1530. The minimum Gasteiger partial charge on any atom is -0.479 e. The minimum atomic E-state index is -2.38. The summed E-state index contributed by atoms with van der Waals surface area (Å²) in [7, 11) is 1.24. The summed E-state index contributed by atoms with van der Waals surface area (Å²) in [4.78, 5) is 44.3. The van der Waals surface area contributed by atoms with Crippen molar-refractivity contribution < 1.29 is 38.1 Å². The van der Waals surface area contributed by atoms with E-state index in [0.29, 0.717) is 37.4 Å². The number of esters is 1. The molecule has 3 aromatic carbocycles. The lowest BCUT2D eigenvalue weighted by Crippen LogP contribution is -2.65. The van der Waals surface area contributed by atoms with E-state index >= 15 is 4.39 Å². The molecule has 0 aromatic heterocycles. The van der Waals surface area contributed by atoms with Gasteiger partial charge in [0, 0.05) is 37.6 Å². The van der Waals surface area contributed by atoms with E-state index in [1.807, 2.05) is 42.5 Å². The first-order valence-corrected chi connectivity index (χ1v) is 15.6. The second-order valence-electron chi connectivity index (χ2n) is 13.4. The second kappa shape index (κ2) is 14.1. The van der Waals surface area contributed by atoms with E-state index < -0.39 is 47.2 Å². The van der Waals surface area contributed by atoms with Crippen molar-refractivity contribution in [3.63, 3.8) is 0 Å². The minimum absolute atomic E-state index is 0.127. The Hall–Kier alpha value is -4.18. The number of hydrogen-bond donors (Lipinski definition) is 1. The highest BCUT2D eigenvalue weighted by molar-refractivity contribution is 5.97. The fourth-order valence-electron chi connectivity index (χ4n) is 6.08. The number of morpholine rings is 1. The Kier molecular flexibility index (Phi) is 10.6. The average molecular weight is 637 g/mol. The van der Waals surface area contributed by atoms with Gasteiger partial charge in [-0.25, -0.2) is 14.0 Å². The molecular formula is C36H45FN2O7. The number of carboxylic acid groups (broad SMARTS) is 1. The molecule has 1 saturated heterocycles. The van der Waals surface area contributed by atoms with Crippen LogP contribution in [0.2, 0.25) is 0 Å². The normalized spacial score (nSPS) is 15.9. The SMILES string of the molecule is CN(C(=O)OC(C)(C)C)[C@](CC(C)(C)F)(C(=O)O)[C@@H](Cc1ccc(N2CCOCC2)c2ccccc12)C(=O)OCc1ccccc1. The summed E-state index contributed by atoms with van der Waals surface area (Å²) in [5.41, 5.74) is -3.11. The first-order chi connectivity index (χ1) is 21.6. The van der Waals surface area contributed by atoms with Gasteiger partial charge >= 0.3 is 18.0 Å². The molecule has 1 fully saturated rings. The van der Waals surface area contributed by atoms with E-state index in [-0.39, 0.29) is 13.0 Å². The quantitative estimate of drug-likeness (QED) is 0.241.